The Labute approximate surface area is 149 Å². The first kappa shape index (κ1) is 18.2. The highest BCUT2D eigenvalue weighted by atomic mass is 79.9. The van der Waals surface area contributed by atoms with Crippen molar-refractivity contribution in [1.29, 1.82) is 0 Å². The summed E-state index contributed by atoms with van der Waals surface area (Å²) in [6.07, 6.45) is 0.940. The highest BCUT2D eigenvalue weighted by molar-refractivity contribution is 9.10. The molecule has 1 aromatic heterocycles. The Balaban J connectivity index is 2.23. The molecule has 0 aliphatic heterocycles. The average Bonchev–Trinajstić information content (AvgIpc) is 2.59. The van der Waals surface area contributed by atoms with E-state index in [-0.39, 0.29) is 5.69 Å². The lowest BCUT2D eigenvalue weighted by atomic mass is 10.2. The number of nitrogens with zero attached hydrogens (tertiary/aromatic N) is 3. The summed E-state index contributed by atoms with van der Waals surface area (Å²) in [5, 5.41) is 16.7. The number of carbonyl (C=O) groups is 1. The molecule has 0 unspecified atom stereocenters. The molecule has 0 fully saturated rings. The maximum Gasteiger partial charge on any atom is 0.356 e. The van der Waals surface area contributed by atoms with Crippen LogP contribution in [0.1, 0.15) is 36.3 Å². The number of carboxylic acids is 1. The van der Waals surface area contributed by atoms with E-state index in [9.17, 15) is 4.79 Å². The van der Waals surface area contributed by atoms with Crippen molar-refractivity contribution in [2.45, 2.75) is 26.8 Å². The van der Waals surface area contributed by atoms with Crippen LogP contribution in [0, 0.1) is 0 Å². The Kier molecular flexibility index (Phi) is 6.54. The van der Waals surface area contributed by atoms with Crippen LogP contribution in [0.4, 0.5) is 5.82 Å². The Morgan fingerprint density at radius 2 is 2.04 bits per heavy atom. The minimum Gasteiger partial charge on any atom is -0.493 e. The lowest BCUT2D eigenvalue weighted by Gasteiger charge is -2.23. The first-order valence-corrected chi connectivity index (χ1v) is 8.57. The van der Waals surface area contributed by atoms with Crippen molar-refractivity contribution >= 4 is 27.7 Å². The molecule has 0 aliphatic rings. The molecule has 0 amide bonds. The minimum atomic E-state index is -1.08. The number of anilines is 1. The molecular weight excluding hydrogens is 374 g/mol. The van der Waals surface area contributed by atoms with Gasteiger partial charge in [-0.3, -0.25) is 0 Å². The van der Waals surface area contributed by atoms with Gasteiger partial charge in [0.1, 0.15) is 5.75 Å². The molecule has 1 N–H and O–H groups in total. The molecule has 0 bridgehead atoms. The lowest BCUT2D eigenvalue weighted by molar-refractivity contribution is 0.0689. The summed E-state index contributed by atoms with van der Waals surface area (Å²) in [5.41, 5.74) is 0.966. The molecule has 7 heteroatoms. The minimum absolute atomic E-state index is 0.0655. The van der Waals surface area contributed by atoms with Gasteiger partial charge in [-0.2, -0.15) is 0 Å². The molecule has 0 aliphatic carbocycles. The summed E-state index contributed by atoms with van der Waals surface area (Å²) in [5.74, 6) is 0.386. The Bertz CT molecular complexity index is 692. The van der Waals surface area contributed by atoms with Gasteiger partial charge in [0.15, 0.2) is 11.5 Å². The Morgan fingerprint density at radius 3 is 2.62 bits per heavy atom. The number of benzene rings is 1. The van der Waals surface area contributed by atoms with E-state index in [1.807, 2.05) is 30.0 Å². The van der Waals surface area contributed by atoms with E-state index in [1.54, 1.807) is 6.07 Å². The first-order chi connectivity index (χ1) is 11.5. The molecule has 0 spiro atoms. The maximum absolute atomic E-state index is 10.9. The first-order valence-electron chi connectivity index (χ1n) is 7.78. The van der Waals surface area contributed by atoms with Crippen LogP contribution in [0.2, 0.25) is 0 Å². The van der Waals surface area contributed by atoms with Crippen LogP contribution in [0.3, 0.4) is 0 Å². The van der Waals surface area contributed by atoms with Gasteiger partial charge in [-0.25, -0.2) is 4.79 Å². The van der Waals surface area contributed by atoms with E-state index in [0.717, 1.165) is 22.2 Å². The van der Waals surface area contributed by atoms with Gasteiger partial charge in [0.2, 0.25) is 0 Å². The fourth-order valence-electron chi connectivity index (χ4n) is 2.19. The van der Waals surface area contributed by atoms with E-state index in [0.29, 0.717) is 25.5 Å². The van der Waals surface area contributed by atoms with Crippen LogP contribution < -0.4 is 9.64 Å². The molecule has 0 radical (unpaired) electrons. The van der Waals surface area contributed by atoms with Crippen molar-refractivity contribution in [3.05, 3.63) is 46.1 Å². The van der Waals surface area contributed by atoms with Gasteiger partial charge in [-0.05, 0) is 43.7 Å². The number of aromatic carboxylic acids is 1. The summed E-state index contributed by atoms with van der Waals surface area (Å²) >= 11 is 3.49. The molecule has 24 heavy (non-hydrogen) atoms. The largest absolute Gasteiger partial charge is 0.493 e. The quantitative estimate of drug-likeness (QED) is 0.735. The van der Waals surface area contributed by atoms with Gasteiger partial charge in [0, 0.05) is 23.1 Å². The second kappa shape index (κ2) is 8.63. The SMILES string of the molecule is CCCOc1ccc(Br)cc1CN(CC)c1ccc(C(=O)O)nn1. The van der Waals surface area contributed by atoms with Gasteiger partial charge in [0.05, 0.1) is 6.61 Å². The van der Waals surface area contributed by atoms with Crippen molar-refractivity contribution in [1.82, 2.24) is 10.2 Å². The topological polar surface area (TPSA) is 75.5 Å². The Hall–Kier alpha value is -2.15. The Morgan fingerprint density at radius 1 is 1.25 bits per heavy atom. The zero-order valence-electron chi connectivity index (χ0n) is 13.7. The van der Waals surface area contributed by atoms with Crippen LogP contribution in [0.5, 0.6) is 5.75 Å². The summed E-state index contributed by atoms with van der Waals surface area (Å²) < 4.78 is 6.79. The monoisotopic (exact) mass is 393 g/mol. The molecular formula is C17H20BrN3O3. The molecule has 2 rings (SSSR count). The molecule has 2 aromatic rings. The van der Waals surface area contributed by atoms with Crippen LogP contribution in [-0.2, 0) is 6.54 Å². The smallest absolute Gasteiger partial charge is 0.356 e. The predicted octanol–water partition coefficient (Wildman–Crippen LogP) is 3.75. The molecule has 1 aromatic carbocycles. The normalized spacial score (nSPS) is 10.5. The van der Waals surface area contributed by atoms with Gasteiger partial charge in [-0.1, -0.05) is 22.9 Å². The number of carboxylic acid groups (broad SMARTS) is 1. The lowest BCUT2D eigenvalue weighted by Crippen LogP contribution is -2.24. The highest BCUT2D eigenvalue weighted by Crippen LogP contribution is 2.26. The van der Waals surface area contributed by atoms with Crippen molar-refractivity contribution in [2.75, 3.05) is 18.1 Å². The third kappa shape index (κ3) is 4.67. The molecule has 1 heterocycles. The van der Waals surface area contributed by atoms with Gasteiger partial charge < -0.3 is 14.7 Å². The summed E-state index contributed by atoms with van der Waals surface area (Å²) in [4.78, 5) is 12.9. The third-order valence-electron chi connectivity index (χ3n) is 3.42. The van der Waals surface area contributed by atoms with Gasteiger partial charge in [0.25, 0.3) is 0 Å². The average molecular weight is 394 g/mol. The second-order valence-corrected chi connectivity index (χ2v) is 6.11. The van der Waals surface area contributed by atoms with Gasteiger partial charge >= 0.3 is 5.97 Å². The summed E-state index contributed by atoms with van der Waals surface area (Å²) in [6, 6.07) is 9.05. The van der Waals surface area contributed by atoms with Crippen LogP contribution in [0.25, 0.3) is 0 Å². The highest BCUT2D eigenvalue weighted by Gasteiger charge is 2.13. The van der Waals surface area contributed by atoms with E-state index in [2.05, 4.69) is 33.1 Å². The number of hydrogen-bond donors (Lipinski definition) is 1. The standard InChI is InChI=1S/C17H20BrN3O3/c1-3-9-24-15-7-5-13(18)10-12(15)11-21(4-2)16-8-6-14(17(22)23)19-20-16/h5-8,10H,3-4,9,11H2,1-2H3,(H,22,23). The van der Waals surface area contributed by atoms with Crippen molar-refractivity contribution in [3.63, 3.8) is 0 Å². The van der Waals surface area contributed by atoms with E-state index >= 15 is 0 Å². The number of aromatic nitrogens is 2. The summed E-state index contributed by atoms with van der Waals surface area (Å²) in [6.45, 7) is 6.04. The zero-order chi connectivity index (χ0) is 17.5. The van der Waals surface area contributed by atoms with Crippen LogP contribution >= 0.6 is 15.9 Å². The predicted molar refractivity (Wildman–Crippen MR) is 95.6 cm³/mol. The summed E-state index contributed by atoms with van der Waals surface area (Å²) in [7, 11) is 0. The van der Waals surface area contributed by atoms with E-state index < -0.39 is 5.97 Å². The zero-order valence-corrected chi connectivity index (χ0v) is 15.3. The molecule has 0 saturated heterocycles. The number of ether oxygens (including phenoxy) is 1. The molecule has 0 saturated carbocycles. The van der Waals surface area contributed by atoms with Crippen LogP contribution in [0.15, 0.2) is 34.8 Å². The van der Waals surface area contributed by atoms with Crippen molar-refractivity contribution in [2.24, 2.45) is 0 Å². The molecule has 128 valence electrons. The second-order valence-electron chi connectivity index (χ2n) is 5.20. The van der Waals surface area contributed by atoms with Gasteiger partial charge in [-0.15, -0.1) is 10.2 Å². The third-order valence-corrected chi connectivity index (χ3v) is 3.91. The van der Waals surface area contributed by atoms with E-state index in [1.165, 1.54) is 6.07 Å². The number of halogens is 1. The van der Waals surface area contributed by atoms with Crippen molar-refractivity contribution < 1.29 is 14.6 Å². The number of rotatable bonds is 8. The molecule has 6 nitrogen and oxygen atoms in total. The van der Waals surface area contributed by atoms with Crippen molar-refractivity contribution in [3.8, 4) is 5.75 Å². The fraction of sp³-hybridized carbons (Fsp3) is 0.353. The number of hydrogen-bond acceptors (Lipinski definition) is 5. The maximum atomic E-state index is 10.9. The van der Waals surface area contributed by atoms with E-state index in [4.69, 9.17) is 9.84 Å². The van der Waals surface area contributed by atoms with Crippen LogP contribution in [-0.4, -0.2) is 34.4 Å². The fourth-order valence-corrected chi connectivity index (χ4v) is 2.60. The molecule has 0 atom stereocenters.